The first-order valence-electron chi connectivity index (χ1n) is 5.26. The van der Waals surface area contributed by atoms with E-state index in [1.54, 1.807) is 11.6 Å². The number of nitrogens with one attached hydrogen (secondary N) is 2. The third-order valence-electron chi connectivity index (χ3n) is 2.66. The number of nitro groups is 1. The van der Waals surface area contributed by atoms with E-state index in [-0.39, 0.29) is 6.42 Å². The van der Waals surface area contributed by atoms with Crippen molar-refractivity contribution in [1.29, 1.82) is 0 Å². The van der Waals surface area contributed by atoms with Crippen LogP contribution in [0.15, 0.2) is 30.5 Å². The van der Waals surface area contributed by atoms with E-state index in [1.807, 2.05) is 24.3 Å². The van der Waals surface area contributed by atoms with Gasteiger partial charge in [-0.1, -0.05) is 18.2 Å². The molecular weight excluding hydrogens is 238 g/mol. The topological polar surface area (TPSA) is 108 Å². The molecule has 0 spiro atoms. The molecule has 0 fully saturated rings. The van der Waals surface area contributed by atoms with Gasteiger partial charge in [0.25, 0.3) is 0 Å². The van der Waals surface area contributed by atoms with Crippen LogP contribution in [0.1, 0.15) is 5.56 Å². The SMILES string of the molecule is O=C(O)C(Cc1c[nH]c2ccccc12)N[N+](=O)[O-]. The number of hydrogen-bond donors (Lipinski definition) is 3. The van der Waals surface area contributed by atoms with E-state index in [9.17, 15) is 14.9 Å². The molecule has 18 heavy (non-hydrogen) atoms. The first-order chi connectivity index (χ1) is 8.58. The molecule has 0 bridgehead atoms. The van der Waals surface area contributed by atoms with Crippen LogP contribution in [0.25, 0.3) is 10.9 Å². The molecule has 7 heteroatoms. The first kappa shape index (κ1) is 11.9. The molecule has 1 heterocycles. The summed E-state index contributed by atoms with van der Waals surface area (Å²) in [7, 11) is 0. The Balaban J connectivity index is 2.26. The molecule has 2 rings (SSSR count). The maximum atomic E-state index is 10.9. The summed E-state index contributed by atoms with van der Waals surface area (Å²) in [6, 6.07) is 6.13. The highest BCUT2D eigenvalue weighted by Crippen LogP contribution is 2.19. The van der Waals surface area contributed by atoms with Gasteiger partial charge in [0.15, 0.2) is 11.1 Å². The second-order valence-corrected chi connectivity index (χ2v) is 3.84. The lowest BCUT2D eigenvalue weighted by atomic mass is 10.1. The second kappa shape index (κ2) is 4.74. The lowest BCUT2D eigenvalue weighted by Crippen LogP contribution is -2.41. The van der Waals surface area contributed by atoms with Crippen molar-refractivity contribution < 1.29 is 14.9 Å². The molecule has 0 aliphatic heterocycles. The first-order valence-corrected chi connectivity index (χ1v) is 5.26. The summed E-state index contributed by atoms with van der Waals surface area (Å²) < 4.78 is 0. The minimum atomic E-state index is -1.25. The van der Waals surface area contributed by atoms with Gasteiger partial charge in [0.05, 0.1) is 0 Å². The molecule has 1 unspecified atom stereocenters. The van der Waals surface area contributed by atoms with Crippen LogP contribution in [-0.2, 0) is 11.2 Å². The fourth-order valence-electron chi connectivity index (χ4n) is 1.84. The van der Waals surface area contributed by atoms with Crippen LogP contribution in [0.3, 0.4) is 0 Å². The van der Waals surface area contributed by atoms with Gasteiger partial charge in [-0.15, -0.1) is 5.43 Å². The molecule has 94 valence electrons. The summed E-state index contributed by atoms with van der Waals surface area (Å²) in [5.41, 5.74) is 3.39. The molecular formula is C11H11N3O4. The Kier molecular flexibility index (Phi) is 3.13. The Morgan fingerprint density at radius 3 is 2.89 bits per heavy atom. The zero-order valence-electron chi connectivity index (χ0n) is 9.29. The predicted octanol–water partition coefficient (Wildman–Crippen LogP) is 0.945. The highest BCUT2D eigenvalue weighted by atomic mass is 16.7. The maximum absolute atomic E-state index is 10.9. The van der Waals surface area contributed by atoms with E-state index < -0.39 is 17.0 Å². The summed E-state index contributed by atoms with van der Waals surface area (Å²) >= 11 is 0. The van der Waals surface area contributed by atoms with E-state index in [0.29, 0.717) is 0 Å². The number of nitrogens with zero attached hydrogens (tertiary/aromatic N) is 1. The van der Waals surface area contributed by atoms with E-state index in [4.69, 9.17) is 5.11 Å². The quantitative estimate of drug-likeness (QED) is 0.540. The molecule has 0 aliphatic carbocycles. The molecule has 1 atom stereocenters. The Morgan fingerprint density at radius 1 is 1.50 bits per heavy atom. The number of para-hydroxylation sites is 1. The van der Waals surface area contributed by atoms with Crippen LogP contribution in [0, 0.1) is 10.1 Å². The summed E-state index contributed by atoms with van der Waals surface area (Å²) in [6.45, 7) is 0. The normalized spacial score (nSPS) is 12.2. The molecule has 3 N–H and O–H groups in total. The molecule has 0 amide bonds. The maximum Gasteiger partial charge on any atom is 0.332 e. The van der Waals surface area contributed by atoms with Crippen molar-refractivity contribution in [3.8, 4) is 0 Å². The number of hydrazine groups is 1. The highest BCUT2D eigenvalue weighted by Gasteiger charge is 2.23. The lowest BCUT2D eigenvalue weighted by Gasteiger charge is -2.08. The van der Waals surface area contributed by atoms with Gasteiger partial charge in [-0.3, -0.25) is 0 Å². The van der Waals surface area contributed by atoms with Crippen LogP contribution in [0.2, 0.25) is 0 Å². The predicted molar refractivity (Wildman–Crippen MR) is 63.6 cm³/mol. The van der Waals surface area contributed by atoms with Crippen LogP contribution in [0.5, 0.6) is 0 Å². The van der Waals surface area contributed by atoms with Crippen molar-refractivity contribution in [2.24, 2.45) is 0 Å². The molecule has 1 aromatic heterocycles. The number of carbonyl (C=O) groups is 1. The minimum Gasteiger partial charge on any atom is -0.480 e. The van der Waals surface area contributed by atoms with Crippen molar-refractivity contribution in [2.45, 2.75) is 12.5 Å². The average molecular weight is 249 g/mol. The van der Waals surface area contributed by atoms with Crippen LogP contribution >= 0.6 is 0 Å². The average Bonchev–Trinajstić information content (AvgIpc) is 2.71. The molecule has 0 saturated carbocycles. The number of benzene rings is 1. The van der Waals surface area contributed by atoms with Crippen molar-refractivity contribution >= 4 is 16.9 Å². The van der Waals surface area contributed by atoms with Crippen molar-refractivity contribution in [3.63, 3.8) is 0 Å². The smallest absolute Gasteiger partial charge is 0.332 e. The molecule has 0 aliphatic rings. The molecule has 2 aromatic rings. The van der Waals surface area contributed by atoms with E-state index in [2.05, 4.69) is 4.98 Å². The Morgan fingerprint density at radius 2 is 2.22 bits per heavy atom. The van der Waals surface area contributed by atoms with Crippen LogP contribution in [-0.4, -0.2) is 27.1 Å². The number of fused-ring (bicyclic) bond motifs is 1. The Labute approximate surface area is 102 Å². The van der Waals surface area contributed by atoms with Crippen LogP contribution in [0.4, 0.5) is 0 Å². The number of aromatic amines is 1. The van der Waals surface area contributed by atoms with Gasteiger partial charge < -0.3 is 10.1 Å². The molecule has 0 saturated heterocycles. The number of hydrogen-bond acceptors (Lipinski definition) is 3. The third kappa shape index (κ3) is 2.40. The number of H-pyrrole nitrogens is 1. The summed E-state index contributed by atoms with van der Waals surface area (Å²) in [5.74, 6) is -1.25. The van der Waals surface area contributed by atoms with Gasteiger partial charge in [0.1, 0.15) is 0 Å². The molecule has 0 radical (unpaired) electrons. The standard InChI is InChI=1S/C11H11N3O4/c15-11(16)10(13-14(17)18)5-7-6-12-9-4-2-1-3-8(7)9/h1-4,6,10,12-13H,5H2,(H,15,16). The Bertz CT molecular complexity index is 593. The minimum absolute atomic E-state index is 0.0420. The second-order valence-electron chi connectivity index (χ2n) is 3.84. The number of carboxylic acids is 1. The van der Waals surface area contributed by atoms with Crippen molar-refractivity contribution in [2.75, 3.05) is 0 Å². The number of aromatic nitrogens is 1. The number of carboxylic acid groups (broad SMARTS) is 1. The third-order valence-corrected chi connectivity index (χ3v) is 2.66. The molecule has 7 nitrogen and oxygen atoms in total. The monoisotopic (exact) mass is 249 g/mol. The van der Waals surface area contributed by atoms with Crippen molar-refractivity contribution in [3.05, 3.63) is 46.1 Å². The largest absolute Gasteiger partial charge is 0.480 e. The number of rotatable bonds is 5. The van der Waals surface area contributed by atoms with Gasteiger partial charge >= 0.3 is 5.97 Å². The van der Waals surface area contributed by atoms with E-state index >= 15 is 0 Å². The van der Waals surface area contributed by atoms with E-state index in [0.717, 1.165) is 16.5 Å². The fourth-order valence-corrected chi connectivity index (χ4v) is 1.84. The van der Waals surface area contributed by atoms with Gasteiger partial charge in [-0.05, 0) is 11.6 Å². The lowest BCUT2D eigenvalue weighted by molar-refractivity contribution is -0.548. The zero-order valence-corrected chi connectivity index (χ0v) is 9.29. The van der Waals surface area contributed by atoms with Gasteiger partial charge in [0, 0.05) is 23.5 Å². The Hall–Kier alpha value is -2.57. The summed E-state index contributed by atoms with van der Waals surface area (Å²) in [5, 5.41) is 19.3. The van der Waals surface area contributed by atoms with Gasteiger partial charge in [-0.2, -0.15) is 0 Å². The van der Waals surface area contributed by atoms with Gasteiger partial charge in [0.2, 0.25) is 0 Å². The number of aliphatic carboxylic acids is 1. The molecule has 1 aromatic carbocycles. The van der Waals surface area contributed by atoms with Crippen LogP contribution < -0.4 is 5.43 Å². The van der Waals surface area contributed by atoms with E-state index in [1.165, 1.54) is 0 Å². The fraction of sp³-hybridized carbons (Fsp3) is 0.182. The summed E-state index contributed by atoms with van der Waals surface area (Å²) in [4.78, 5) is 24.2. The highest BCUT2D eigenvalue weighted by molar-refractivity contribution is 5.84. The van der Waals surface area contributed by atoms with Crippen molar-refractivity contribution in [1.82, 2.24) is 10.4 Å². The zero-order chi connectivity index (χ0) is 13.1. The van der Waals surface area contributed by atoms with Gasteiger partial charge in [-0.25, -0.2) is 14.9 Å². The summed E-state index contributed by atoms with van der Waals surface area (Å²) in [6.07, 6.45) is 1.71.